The maximum Gasteiger partial charge on any atom is 0.241 e. The second-order valence-corrected chi connectivity index (χ2v) is 9.30. The molecule has 0 aromatic heterocycles. The van der Waals surface area contributed by atoms with E-state index in [-0.39, 0.29) is 9.64 Å². The fourth-order valence-corrected chi connectivity index (χ4v) is 5.65. The van der Waals surface area contributed by atoms with Crippen molar-refractivity contribution in [3.05, 3.63) is 27.7 Å². The van der Waals surface area contributed by atoms with Crippen LogP contribution < -0.4 is 10.5 Å². The van der Waals surface area contributed by atoms with Crippen LogP contribution in [0.1, 0.15) is 30.4 Å². The summed E-state index contributed by atoms with van der Waals surface area (Å²) >= 11 is 5.13. The van der Waals surface area contributed by atoms with E-state index >= 15 is 0 Å². The quantitative estimate of drug-likeness (QED) is 0.780. The van der Waals surface area contributed by atoms with E-state index < -0.39 is 10.0 Å². The van der Waals surface area contributed by atoms with Gasteiger partial charge in [-0.2, -0.15) is 11.8 Å². The van der Waals surface area contributed by atoms with Crippen molar-refractivity contribution >= 4 is 37.7 Å². The molecule has 118 valence electrons. The van der Waals surface area contributed by atoms with Crippen LogP contribution in [0, 0.1) is 6.92 Å². The van der Waals surface area contributed by atoms with Gasteiger partial charge < -0.3 is 5.73 Å². The minimum absolute atomic E-state index is 0.0695. The second-order valence-electron chi connectivity index (χ2n) is 5.49. The van der Waals surface area contributed by atoms with Gasteiger partial charge in [-0.3, -0.25) is 0 Å². The molecule has 1 aromatic carbocycles. The van der Waals surface area contributed by atoms with Gasteiger partial charge in [-0.05, 0) is 59.1 Å². The summed E-state index contributed by atoms with van der Waals surface area (Å²) in [6.45, 7) is 2.68. The molecule has 3 N–H and O–H groups in total. The lowest BCUT2D eigenvalue weighted by Gasteiger charge is -2.40. The van der Waals surface area contributed by atoms with Crippen molar-refractivity contribution in [1.29, 1.82) is 0 Å². The van der Waals surface area contributed by atoms with E-state index in [9.17, 15) is 8.42 Å². The third kappa shape index (κ3) is 3.64. The highest BCUT2D eigenvalue weighted by molar-refractivity contribution is 9.10. The van der Waals surface area contributed by atoms with Crippen LogP contribution >= 0.6 is 27.7 Å². The summed E-state index contributed by atoms with van der Waals surface area (Å²) in [7, 11) is -3.53. The largest absolute Gasteiger partial charge is 0.326 e. The first-order valence-electron chi connectivity index (χ1n) is 6.87. The molecule has 0 atom stereocenters. The van der Waals surface area contributed by atoms with Crippen molar-refractivity contribution in [2.45, 2.75) is 42.4 Å². The highest BCUT2D eigenvalue weighted by Crippen LogP contribution is 2.42. The first kappa shape index (κ1) is 17.3. The van der Waals surface area contributed by atoms with Crippen LogP contribution in [-0.2, 0) is 16.6 Å². The minimum atomic E-state index is -3.53. The topological polar surface area (TPSA) is 72.2 Å². The van der Waals surface area contributed by atoms with E-state index in [0.29, 0.717) is 17.6 Å². The van der Waals surface area contributed by atoms with Gasteiger partial charge in [0.15, 0.2) is 0 Å². The minimum Gasteiger partial charge on any atom is -0.326 e. The van der Waals surface area contributed by atoms with Crippen LogP contribution in [0.15, 0.2) is 21.5 Å². The zero-order chi connectivity index (χ0) is 15.7. The smallest absolute Gasteiger partial charge is 0.241 e. The summed E-state index contributed by atoms with van der Waals surface area (Å²) in [5.74, 6) is 0. The monoisotopic (exact) mass is 392 g/mol. The van der Waals surface area contributed by atoms with Crippen molar-refractivity contribution in [2.75, 3.05) is 12.8 Å². The van der Waals surface area contributed by atoms with Crippen LogP contribution in [0.5, 0.6) is 0 Å². The molecule has 0 aliphatic heterocycles. The van der Waals surface area contributed by atoms with Gasteiger partial charge in [0.2, 0.25) is 10.0 Å². The molecule has 1 aromatic rings. The van der Waals surface area contributed by atoms with Crippen molar-refractivity contribution in [2.24, 2.45) is 5.73 Å². The van der Waals surface area contributed by atoms with Gasteiger partial charge in [0, 0.05) is 22.3 Å². The molecule has 1 saturated carbocycles. The van der Waals surface area contributed by atoms with Gasteiger partial charge in [-0.25, -0.2) is 13.1 Å². The van der Waals surface area contributed by atoms with E-state index in [1.54, 1.807) is 17.8 Å². The zero-order valence-electron chi connectivity index (χ0n) is 12.3. The van der Waals surface area contributed by atoms with Crippen LogP contribution in [0.25, 0.3) is 0 Å². The van der Waals surface area contributed by atoms with E-state index in [1.165, 1.54) is 6.42 Å². The molecule has 1 aliphatic carbocycles. The number of thioether (sulfide) groups is 1. The fourth-order valence-electron chi connectivity index (χ4n) is 2.45. The summed E-state index contributed by atoms with van der Waals surface area (Å²) in [6, 6.07) is 3.55. The SMILES string of the molecule is CSC1(CNS(=O)(=O)c2cc(CN)cc(C)c2Br)CCC1. The average Bonchev–Trinajstić information content (AvgIpc) is 2.40. The maximum absolute atomic E-state index is 12.6. The molecule has 0 saturated heterocycles. The number of aryl methyl sites for hydroxylation is 1. The van der Waals surface area contributed by atoms with E-state index in [2.05, 4.69) is 20.7 Å². The first-order chi connectivity index (χ1) is 9.83. The molecule has 0 amide bonds. The molecule has 2 rings (SSSR count). The Balaban J connectivity index is 2.25. The molecular weight excluding hydrogens is 372 g/mol. The molecular formula is C14H21BrN2O2S2. The summed E-state index contributed by atoms with van der Waals surface area (Å²) in [6.07, 6.45) is 5.36. The molecule has 21 heavy (non-hydrogen) atoms. The number of benzene rings is 1. The number of nitrogens with one attached hydrogen (secondary N) is 1. The molecule has 4 nitrogen and oxygen atoms in total. The molecule has 0 unspecified atom stereocenters. The molecule has 0 heterocycles. The third-order valence-corrected chi connectivity index (χ3v) is 8.25. The van der Waals surface area contributed by atoms with Gasteiger partial charge >= 0.3 is 0 Å². The van der Waals surface area contributed by atoms with Crippen molar-refractivity contribution in [3.63, 3.8) is 0 Å². The van der Waals surface area contributed by atoms with E-state index in [4.69, 9.17) is 5.73 Å². The Kier molecular flexibility index (Phi) is 5.41. The Labute approximate surface area is 139 Å². The lowest BCUT2D eigenvalue weighted by molar-refractivity contribution is 0.362. The lowest BCUT2D eigenvalue weighted by atomic mass is 9.84. The summed E-state index contributed by atoms with van der Waals surface area (Å²) in [5, 5.41) is 0. The van der Waals surface area contributed by atoms with Gasteiger partial charge in [0.25, 0.3) is 0 Å². The predicted octanol–water partition coefficient (Wildman–Crippen LogP) is 2.78. The van der Waals surface area contributed by atoms with Gasteiger partial charge in [-0.1, -0.05) is 12.5 Å². The maximum atomic E-state index is 12.6. The number of halogens is 1. The van der Waals surface area contributed by atoms with E-state index in [0.717, 1.165) is 24.0 Å². The highest BCUT2D eigenvalue weighted by atomic mass is 79.9. The predicted molar refractivity (Wildman–Crippen MR) is 92.1 cm³/mol. The Bertz CT molecular complexity index is 623. The highest BCUT2D eigenvalue weighted by Gasteiger charge is 2.37. The Hall–Kier alpha value is -0.0800. The molecule has 1 aliphatic rings. The Morgan fingerprint density at radius 2 is 2.10 bits per heavy atom. The number of hydrogen-bond donors (Lipinski definition) is 2. The molecule has 1 fully saturated rings. The average molecular weight is 393 g/mol. The second kappa shape index (κ2) is 6.58. The number of hydrogen-bond acceptors (Lipinski definition) is 4. The normalized spacial score (nSPS) is 17.5. The van der Waals surface area contributed by atoms with Gasteiger partial charge in [0.05, 0.1) is 4.90 Å². The van der Waals surface area contributed by atoms with Crippen molar-refractivity contribution in [3.8, 4) is 0 Å². The molecule has 0 spiro atoms. The molecule has 7 heteroatoms. The van der Waals surface area contributed by atoms with Crippen LogP contribution in [0.3, 0.4) is 0 Å². The molecule has 0 radical (unpaired) electrons. The lowest BCUT2D eigenvalue weighted by Crippen LogP contribution is -2.45. The van der Waals surface area contributed by atoms with Crippen LogP contribution in [-0.4, -0.2) is 26.0 Å². The summed E-state index contributed by atoms with van der Waals surface area (Å²) in [5.41, 5.74) is 7.34. The van der Waals surface area contributed by atoms with Crippen molar-refractivity contribution < 1.29 is 8.42 Å². The number of nitrogens with two attached hydrogens (primary N) is 1. The first-order valence-corrected chi connectivity index (χ1v) is 10.4. The van der Waals surface area contributed by atoms with E-state index in [1.807, 2.05) is 19.2 Å². The summed E-state index contributed by atoms with van der Waals surface area (Å²) in [4.78, 5) is 0.276. The number of rotatable bonds is 6. The Morgan fingerprint density at radius 1 is 1.43 bits per heavy atom. The van der Waals surface area contributed by atoms with Crippen LogP contribution in [0.4, 0.5) is 0 Å². The zero-order valence-corrected chi connectivity index (χ0v) is 15.5. The molecule has 0 bridgehead atoms. The fraction of sp³-hybridized carbons (Fsp3) is 0.571. The van der Waals surface area contributed by atoms with Crippen molar-refractivity contribution in [1.82, 2.24) is 4.72 Å². The summed E-state index contributed by atoms with van der Waals surface area (Å²) < 4.78 is 28.6. The van der Waals surface area contributed by atoms with Gasteiger partial charge in [0.1, 0.15) is 0 Å². The van der Waals surface area contributed by atoms with Crippen LogP contribution in [0.2, 0.25) is 0 Å². The Morgan fingerprint density at radius 3 is 2.57 bits per heavy atom. The van der Waals surface area contributed by atoms with Gasteiger partial charge in [-0.15, -0.1) is 0 Å². The standard InChI is InChI=1S/C14H21BrN2O2S2/c1-10-6-11(8-16)7-12(13(10)15)21(18,19)17-9-14(20-2)4-3-5-14/h6-7,17H,3-5,8-9,16H2,1-2H3. The number of sulfonamides is 1. The third-order valence-electron chi connectivity index (χ3n) is 4.09.